The van der Waals surface area contributed by atoms with Gasteiger partial charge in [-0.05, 0) is 31.1 Å². The Bertz CT molecular complexity index is 190. The second-order valence-electron chi connectivity index (χ2n) is 4.66. The third kappa shape index (κ3) is 1.95. The van der Waals surface area contributed by atoms with E-state index in [1.807, 2.05) is 7.11 Å². The Kier molecular flexibility index (Phi) is 3.40. The first-order valence-electron chi connectivity index (χ1n) is 5.68. The molecule has 3 heteroatoms. The summed E-state index contributed by atoms with van der Waals surface area (Å²) < 4.78 is 5.64. The van der Waals surface area contributed by atoms with Crippen LogP contribution in [0.3, 0.4) is 0 Å². The highest BCUT2D eigenvalue weighted by atomic mass is 32.2. The number of rotatable bonds is 1. The summed E-state index contributed by atoms with van der Waals surface area (Å²) in [6.07, 6.45) is 5.62. The highest BCUT2D eigenvalue weighted by Gasteiger charge is 2.43. The van der Waals surface area contributed by atoms with Crippen molar-refractivity contribution in [1.29, 1.82) is 0 Å². The number of hydrogen-bond donors (Lipinski definition) is 1. The van der Waals surface area contributed by atoms with E-state index in [0.29, 0.717) is 6.10 Å². The first kappa shape index (κ1) is 10.8. The minimum absolute atomic E-state index is 0.250. The molecular weight excluding hydrogens is 194 g/mol. The van der Waals surface area contributed by atoms with Gasteiger partial charge < -0.3 is 10.1 Å². The highest BCUT2D eigenvalue weighted by molar-refractivity contribution is 8.00. The quantitative estimate of drug-likeness (QED) is 0.725. The maximum absolute atomic E-state index is 5.64. The first-order valence-corrected chi connectivity index (χ1v) is 6.67. The molecule has 0 aromatic carbocycles. The van der Waals surface area contributed by atoms with E-state index in [-0.39, 0.29) is 4.87 Å². The van der Waals surface area contributed by atoms with Gasteiger partial charge in [0.2, 0.25) is 0 Å². The van der Waals surface area contributed by atoms with Gasteiger partial charge in [-0.3, -0.25) is 0 Å². The van der Waals surface area contributed by atoms with Gasteiger partial charge in [0, 0.05) is 7.11 Å². The Morgan fingerprint density at radius 2 is 2.29 bits per heavy atom. The third-order valence-corrected chi connectivity index (χ3v) is 5.31. The zero-order chi connectivity index (χ0) is 10.0. The van der Waals surface area contributed by atoms with Crippen molar-refractivity contribution in [2.45, 2.75) is 43.6 Å². The molecule has 0 aromatic rings. The van der Waals surface area contributed by atoms with Crippen LogP contribution in [0, 0.1) is 5.92 Å². The summed E-state index contributed by atoms with van der Waals surface area (Å²) in [4.78, 5) is 0.250. The van der Waals surface area contributed by atoms with Gasteiger partial charge >= 0.3 is 0 Å². The van der Waals surface area contributed by atoms with Crippen LogP contribution in [0.5, 0.6) is 0 Å². The number of methoxy groups -OCH3 is 1. The average molecular weight is 215 g/mol. The summed E-state index contributed by atoms with van der Waals surface area (Å²) in [6.45, 7) is 3.48. The molecule has 14 heavy (non-hydrogen) atoms. The molecule has 1 aliphatic carbocycles. The normalized spacial score (nSPS) is 44.1. The molecule has 1 spiro atoms. The fourth-order valence-corrected chi connectivity index (χ4v) is 4.11. The molecule has 1 saturated carbocycles. The molecule has 0 radical (unpaired) electrons. The fraction of sp³-hybridized carbons (Fsp3) is 1.00. The summed E-state index contributed by atoms with van der Waals surface area (Å²) in [5.41, 5.74) is 0. The van der Waals surface area contributed by atoms with Crippen LogP contribution in [0.4, 0.5) is 0 Å². The molecule has 0 amide bonds. The van der Waals surface area contributed by atoms with Gasteiger partial charge in [-0.15, -0.1) is 11.8 Å². The monoisotopic (exact) mass is 215 g/mol. The van der Waals surface area contributed by atoms with Gasteiger partial charge in [0.05, 0.1) is 11.0 Å². The van der Waals surface area contributed by atoms with Gasteiger partial charge in [-0.2, -0.15) is 0 Å². The highest BCUT2D eigenvalue weighted by Crippen LogP contribution is 2.42. The molecule has 1 saturated heterocycles. The molecule has 2 fully saturated rings. The van der Waals surface area contributed by atoms with Gasteiger partial charge in [0.25, 0.3) is 0 Å². The Morgan fingerprint density at radius 1 is 1.43 bits per heavy atom. The molecule has 82 valence electrons. The molecular formula is C11H21NOS. The molecule has 1 N–H and O–H groups in total. The second kappa shape index (κ2) is 4.42. The predicted octanol–water partition coefficient (Wildman–Crippen LogP) is 2.24. The van der Waals surface area contributed by atoms with Crippen molar-refractivity contribution >= 4 is 11.8 Å². The van der Waals surface area contributed by atoms with Crippen LogP contribution in [-0.4, -0.2) is 30.4 Å². The Morgan fingerprint density at radius 3 is 2.93 bits per heavy atom. The van der Waals surface area contributed by atoms with Crippen molar-refractivity contribution in [3.8, 4) is 0 Å². The van der Waals surface area contributed by atoms with Crippen LogP contribution < -0.4 is 5.32 Å². The number of hydrogen-bond acceptors (Lipinski definition) is 3. The zero-order valence-corrected chi connectivity index (χ0v) is 10.0. The second-order valence-corrected chi connectivity index (χ2v) is 6.01. The summed E-state index contributed by atoms with van der Waals surface area (Å²) in [5.74, 6) is 2.09. The van der Waals surface area contributed by atoms with Crippen molar-refractivity contribution < 1.29 is 4.74 Å². The average Bonchev–Trinajstić information content (AvgIpc) is 2.23. The van der Waals surface area contributed by atoms with Gasteiger partial charge in [0.1, 0.15) is 0 Å². The van der Waals surface area contributed by atoms with Gasteiger partial charge in [-0.25, -0.2) is 0 Å². The summed E-state index contributed by atoms with van der Waals surface area (Å²) in [6, 6.07) is 0. The third-order valence-electron chi connectivity index (χ3n) is 3.44. The molecule has 2 aliphatic rings. The Balaban J connectivity index is 2.03. The minimum atomic E-state index is 0.250. The van der Waals surface area contributed by atoms with E-state index in [4.69, 9.17) is 4.74 Å². The molecule has 2 nitrogen and oxygen atoms in total. The van der Waals surface area contributed by atoms with Gasteiger partial charge in [-0.1, -0.05) is 19.8 Å². The largest absolute Gasteiger partial charge is 0.379 e. The topological polar surface area (TPSA) is 21.3 Å². The molecule has 1 aliphatic heterocycles. The fourth-order valence-electron chi connectivity index (χ4n) is 2.53. The molecule has 1 heterocycles. The number of ether oxygens (including phenoxy) is 1. The van der Waals surface area contributed by atoms with Gasteiger partial charge in [0.15, 0.2) is 0 Å². The van der Waals surface area contributed by atoms with E-state index >= 15 is 0 Å². The molecule has 2 rings (SSSR count). The van der Waals surface area contributed by atoms with Crippen LogP contribution in [0.1, 0.15) is 32.6 Å². The van der Waals surface area contributed by atoms with E-state index in [1.54, 1.807) is 0 Å². The van der Waals surface area contributed by atoms with E-state index in [1.165, 1.54) is 31.4 Å². The van der Waals surface area contributed by atoms with Crippen LogP contribution in [0.2, 0.25) is 0 Å². The zero-order valence-electron chi connectivity index (χ0n) is 9.21. The Hall–Kier alpha value is 0.270. The van der Waals surface area contributed by atoms with E-state index in [2.05, 4.69) is 24.0 Å². The maximum atomic E-state index is 5.64. The predicted molar refractivity (Wildman–Crippen MR) is 61.6 cm³/mol. The lowest BCUT2D eigenvalue weighted by Crippen LogP contribution is -2.58. The van der Waals surface area contributed by atoms with E-state index in [0.717, 1.165) is 12.5 Å². The smallest absolute Gasteiger partial charge is 0.0910 e. The lowest BCUT2D eigenvalue weighted by Gasteiger charge is -2.47. The van der Waals surface area contributed by atoms with Crippen LogP contribution in [-0.2, 0) is 4.74 Å². The SMILES string of the molecule is COC1CCCCC12NCC(C)CS2. The Labute approximate surface area is 91.2 Å². The van der Waals surface area contributed by atoms with Crippen molar-refractivity contribution in [1.82, 2.24) is 5.32 Å². The molecule has 3 atom stereocenters. The maximum Gasteiger partial charge on any atom is 0.0910 e. The lowest BCUT2D eigenvalue weighted by molar-refractivity contribution is 0.0251. The molecule has 3 unspecified atom stereocenters. The summed E-state index contributed by atoms with van der Waals surface area (Å²) in [7, 11) is 1.86. The van der Waals surface area contributed by atoms with Crippen LogP contribution >= 0.6 is 11.8 Å². The number of thioether (sulfide) groups is 1. The summed E-state index contributed by atoms with van der Waals surface area (Å²) >= 11 is 2.09. The van der Waals surface area contributed by atoms with Crippen LogP contribution in [0.25, 0.3) is 0 Å². The van der Waals surface area contributed by atoms with E-state index in [9.17, 15) is 0 Å². The first-order chi connectivity index (χ1) is 6.77. The lowest BCUT2D eigenvalue weighted by atomic mass is 9.91. The summed E-state index contributed by atoms with van der Waals surface area (Å²) in [5, 5.41) is 3.72. The van der Waals surface area contributed by atoms with Crippen molar-refractivity contribution in [2.75, 3.05) is 19.4 Å². The van der Waals surface area contributed by atoms with Crippen molar-refractivity contribution in [2.24, 2.45) is 5.92 Å². The van der Waals surface area contributed by atoms with Crippen molar-refractivity contribution in [3.05, 3.63) is 0 Å². The van der Waals surface area contributed by atoms with Crippen LogP contribution in [0.15, 0.2) is 0 Å². The van der Waals surface area contributed by atoms with E-state index < -0.39 is 0 Å². The molecule has 0 bridgehead atoms. The minimum Gasteiger partial charge on any atom is -0.379 e. The van der Waals surface area contributed by atoms with Crippen molar-refractivity contribution in [3.63, 3.8) is 0 Å². The molecule has 0 aromatic heterocycles. The standard InChI is InChI=1S/C11H21NOS/c1-9-7-12-11(14-8-9)6-4-3-5-10(11)13-2/h9-10,12H,3-8H2,1-2H3. The number of nitrogens with one attached hydrogen (secondary N) is 1.